The number of nitrogens with one attached hydrogen (secondary N) is 2. The highest BCUT2D eigenvalue weighted by Gasteiger charge is 2.22. The van der Waals surface area contributed by atoms with E-state index >= 15 is 0 Å². The average Bonchev–Trinajstić information content (AvgIpc) is 2.91. The van der Waals surface area contributed by atoms with Crippen LogP contribution >= 0.6 is 0 Å². The van der Waals surface area contributed by atoms with Gasteiger partial charge in [0.2, 0.25) is 0 Å². The second-order valence-electron chi connectivity index (χ2n) is 3.98. The first kappa shape index (κ1) is 15.1. The van der Waals surface area contributed by atoms with E-state index in [2.05, 4.69) is 14.7 Å². The Bertz CT molecular complexity index is 737. The second kappa shape index (κ2) is 5.60. The Balaban J connectivity index is 2.32. The zero-order valence-electron chi connectivity index (χ0n) is 10.4. The summed E-state index contributed by atoms with van der Waals surface area (Å²) in [5.74, 6) is 0. The number of rotatable bonds is 4. The number of hydrogen-bond acceptors (Lipinski definition) is 3. The number of alkyl halides is 3. The Labute approximate surface area is 118 Å². The van der Waals surface area contributed by atoms with Gasteiger partial charge >= 0.3 is 6.18 Å². The van der Waals surface area contributed by atoms with Crippen LogP contribution in [-0.4, -0.2) is 24.6 Å². The molecule has 0 aliphatic carbocycles. The van der Waals surface area contributed by atoms with Gasteiger partial charge in [-0.25, -0.2) is 4.98 Å². The molecule has 9 heteroatoms. The van der Waals surface area contributed by atoms with Gasteiger partial charge < -0.3 is 4.98 Å². The molecule has 0 bridgehead atoms. The Morgan fingerprint density at radius 2 is 1.95 bits per heavy atom. The molecule has 2 rings (SSSR count). The number of aromatic nitrogens is 2. The average molecular weight is 317 g/mol. The Kier molecular flexibility index (Phi) is 4.03. The van der Waals surface area contributed by atoms with E-state index in [9.17, 15) is 21.6 Å². The van der Waals surface area contributed by atoms with Gasteiger partial charge in [0.15, 0.2) is 5.03 Å². The SMILES string of the molecule is O=S(=O)(Nc1ccccc1/C=C/C(F)(F)F)c1cnc[nH]1. The number of para-hydroxylation sites is 1. The van der Waals surface area contributed by atoms with Crippen molar-refractivity contribution < 1.29 is 21.6 Å². The minimum atomic E-state index is -4.48. The summed E-state index contributed by atoms with van der Waals surface area (Å²) in [4.78, 5) is 6.00. The van der Waals surface area contributed by atoms with E-state index in [0.29, 0.717) is 0 Å². The molecule has 0 unspecified atom stereocenters. The number of imidazole rings is 1. The van der Waals surface area contributed by atoms with Gasteiger partial charge in [-0.2, -0.15) is 21.6 Å². The van der Waals surface area contributed by atoms with Crippen LogP contribution in [0.3, 0.4) is 0 Å². The summed E-state index contributed by atoms with van der Waals surface area (Å²) in [6.07, 6.45) is -1.36. The largest absolute Gasteiger partial charge is 0.409 e. The van der Waals surface area contributed by atoms with Crippen LogP contribution in [-0.2, 0) is 10.0 Å². The third-order valence-electron chi connectivity index (χ3n) is 2.42. The van der Waals surface area contributed by atoms with Crippen LogP contribution in [0, 0.1) is 0 Å². The van der Waals surface area contributed by atoms with Gasteiger partial charge in [-0.15, -0.1) is 0 Å². The molecule has 0 fully saturated rings. The van der Waals surface area contributed by atoms with E-state index in [-0.39, 0.29) is 22.4 Å². The van der Waals surface area contributed by atoms with Crippen molar-refractivity contribution in [3.8, 4) is 0 Å². The van der Waals surface area contributed by atoms with Crippen LogP contribution in [0.2, 0.25) is 0 Å². The highest BCUT2D eigenvalue weighted by Crippen LogP contribution is 2.23. The Morgan fingerprint density at radius 1 is 1.24 bits per heavy atom. The molecule has 112 valence electrons. The zero-order chi connectivity index (χ0) is 15.5. The van der Waals surface area contributed by atoms with Crippen LogP contribution in [0.15, 0.2) is 47.9 Å². The monoisotopic (exact) mass is 317 g/mol. The van der Waals surface area contributed by atoms with Gasteiger partial charge in [-0.05, 0) is 17.7 Å². The highest BCUT2D eigenvalue weighted by atomic mass is 32.2. The summed E-state index contributed by atoms with van der Waals surface area (Å²) in [5.41, 5.74) is 0.130. The third kappa shape index (κ3) is 4.09. The van der Waals surface area contributed by atoms with Crippen molar-refractivity contribution in [2.24, 2.45) is 0 Å². The number of halogens is 3. The first-order chi connectivity index (χ1) is 9.78. The lowest BCUT2D eigenvalue weighted by Gasteiger charge is -2.09. The lowest BCUT2D eigenvalue weighted by molar-refractivity contribution is -0.0790. The van der Waals surface area contributed by atoms with Crippen molar-refractivity contribution in [3.05, 3.63) is 48.4 Å². The number of sulfonamides is 1. The van der Waals surface area contributed by atoms with Gasteiger partial charge in [-0.3, -0.25) is 4.72 Å². The molecule has 1 aromatic carbocycles. The maximum absolute atomic E-state index is 12.2. The number of benzene rings is 1. The number of anilines is 1. The Hall–Kier alpha value is -2.29. The van der Waals surface area contributed by atoms with E-state index in [1.807, 2.05) is 0 Å². The fourth-order valence-corrected chi connectivity index (χ4v) is 2.50. The van der Waals surface area contributed by atoms with Gasteiger partial charge in [-0.1, -0.05) is 18.2 Å². The molecular weight excluding hydrogens is 307 g/mol. The summed E-state index contributed by atoms with van der Waals surface area (Å²) in [6, 6.07) is 5.75. The first-order valence-electron chi connectivity index (χ1n) is 5.64. The fourth-order valence-electron chi connectivity index (χ4n) is 1.51. The molecule has 0 aliphatic heterocycles. The first-order valence-corrected chi connectivity index (χ1v) is 7.12. The number of H-pyrrole nitrogens is 1. The van der Waals surface area contributed by atoms with Crippen molar-refractivity contribution >= 4 is 21.8 Å². The number of nitrogens with zero attached hydrogens (tertiary/aromatic N) is 1. The molecule has 0 radical (unpaired) electrons. The summed E-state index contributed by atoms with van der Waals surface area (Å²) in [7, 11) is -3.93. The molecule has 0 atom stereocenters. The molecule has 1 aromatic heterocycles. The van der Waals surface area contributed by atoms with Crippen molar-refractivity contribution in [1.82, 2.24) is 9.97 Å². The predicted molar refractivity (Wildman–Crippen MR) is 70.9 cm³/mol. The minimum absolute atomic E-state index is 0.0348. The zero-order valence-corrected chi connectivity index (χ0v) is 11.2. The summed E-state index contributed by atoms with van der Waals surface area (Å²) < 4.78 is 62.8. The standard InChI is InChI=1S/C12H10F3N3O2S/c13-12(14,15)6-5-9-3-1-2-4-10(9)18-21(19,20)11-7-16-8-17-11/h1-8,18H,(H,16,17)/b6-5+. The predicted octanol–water partition coefficient (Wildman–Crippen LogP) is 2.79. The van der Waals surface area contributed by atoms with Crippen LogP contribution in [0.25, 0.3) is 6.08 Å². The van der Waals surface area contributed by atoms with Crippen molar-refractivity contribution in [2.45, 2.75) is 11.2 Å². The smallest absolute Gasteiger partial charge is 0.334 e. The second-order valence-corrected chi connectivity index (χ2v) is 5.63. The number of aromatic amines is 1. The highest BCUT2D eigenvalue weighted by molar-refractivity contribution is 7.92. The molecule has 0 saturated carbocycles. The summed E-state index contributed by atoms with van der Waals surface area (Å²) in [6.45, 7) is 0. The van der Waals surface area contributed by atoms with E-state index in [4.69, 9.17) is 0 Å². The van der Waals surface area contributed by atoms with E-state index in [0.717, 1.165) is 12.3 Å². The van der Waals surface area contributed by atoms with Gasteiger partial charge in [0, 0.05) is 6.08 Å². The van der Waals surface area contributed by atoms with Gasteiger partial charge in [0.1, 0.15) is 0 Å². The van der Waals surface area contributed by atoms with Crippen molar-refractivity contribution in [3.63, 3.8) is 0 Å². The van der Waals surface area contributed by atoms with Crippen LogP contribution in [0.5, 0.6) is 0 Å². The van der Waals surface area contributed by atoms with Crippen LogP contribution in [0.4, 0.5) is 18.9 Å². The van der Waals surface area contributed by atoms with Gasteiger partial charge in [0.05, 0.1) is 18.2 Å². The molecule has 0 aliphatic rings. The van der Waals surface area contributed by atoms with Crippen molar-refractivity contribution in [1.29, 1.82) is 0 Å². The molecule has 21 heavy (non-hydrogen) atoms. The molecule has 0 spiro atoms. The molecular formula is C12H10F3N3O2S. The maximum atomic E-state index is 12.2. The number of hydrogen-bond donors (Lipinski definition) is 2. The van der Waals surface area contributed by atoms with Crippen LogP contribution < -0.4 is 4.72 Å². The summed E-state index contributed by atoms with van der Waals surface area (Å²) >= 11 is 0. The molecule has 2 N–H and O–H groups in total. The number of allylic oxidation sites excluding steroid dienone is 1. The van der Waals surface area contributed by atoms with Gasteiger partial charge in [0.25, 0.3) is 10.0 Å². The minimum Gasteiger partial charge on any atom is -0.334 e. The summed E-state index contributed by atoms with van der Waals surface area (Å²) in [5, 5.41) is -0.183. The molecule has 0 saturated heterocycles. The normalized spacial score (nSPS) is 12.7. The van der Waals surface area contributed by atoms with Crippen molar-refractivity contribution in [2.75, 3.05) is 4.72 Å². The fraction of sp³-hybridized carbons (Fsp3) is 0.0833. The maximum Gasteiger partial charge on any atom is 0.409 e. The molecule has 5 nitrogen and oxygen atoms in total. The third-order valence-corrected chi connectivity index (χ3v) is 3.71. The quantitative estimate of drug-likeness (QED) is 0.910. The van der Waals surface area contributed by atoms with E-state index in [1.54, 1.807) is 0 Å². The lowest BCUT2D eigenvalue weighted by atomic mass is 10.1. The van der Waals surface area contributed by atoms with E-state index in [1.165, 1.54) is 30.6 Å². The van der Waals surface area contributed by atoms with E-state index < -0.39 is 16.2 Å². The van der Waals surface area contributed by atoms with Crippen LogP contribution in [0.1, 0.15) is 5.56 Å². The Morgan fingerprint density at radius 3 is 2.57 bits per heavy atom. The molecule has 2 aromatic rings. The molecule has 0 amide bonds. The lowest BCUT2D eigenvalue weighted by Crippen LogP contribution is -2.14. The molecule has 1 heterocycles. The topological polar surface area (TPSA) is 74.8 Å².